The van der Waals surface area contributed by atoms with Crippen molar-refractivity contribution in [2.75, 3.05) is 6.54 Å². The minimum atomic E-state index is -4.64. The Morgan fingerprint density at radius 1 is 1.05 bits per heavy atom. The Morgan fingerprint density at radius 2 is 1.57 bits per heavy atom. The molecule has 5 heteroatoms. The first-order chi connectivity index (χ1) is 9.54. The van der Waals surface area contributed by atoms with Gasteiger partial charge in [0.15, 0.2) is 0 Å². The van der Waals surface area contributed by atoms with Gasteiger partial charge in [-0.25, -0.2) is 0 Å². The average molecular weight is 301 g/mol. The summed E-state index contributed by atoms with van der Waals surface area (Å²) in [6.07, 6.45) is -4.64. The number of hydrogen-bond acceptors (Lipinski definition) is 2. The molecule has 1 fully saturated rings. The summed E-state index contributed by atoms with van der Waals surface area (Å²) in [6.45, 7) is 10.6. The van der Waals surface area contributed by atoms with Gasteiger partial charge in [0.05, 0.1) is 0 Å². The van der Waals surface area contributed by atoms with Crippen LogP contribution in [0.4, 0.5) is 13.2 Å². The van der Waals surface area contributed by atoms with Crippen molar-refractivity contribution in [1.82, 2.24) is 5.32 Å². The van der Waals surface area contributed by atoms with Gasteiger partial charge in [-0.1, -0.05) is 39.8 Å². The van der Waals surface area contributed by atoms with Gasteiger partial charge in [0.25, 0.3) is 0 Å². The molecule has 0 atom stereocenters. The molecule has 0 amide bonds. The second kappa shape index (κ2) is 5.20. The predicted molar refractivity (Wildman–Crippen MR) is 75.9 cm³/mol. The molecule has 0 spiro atoms. The molecule has 0 aliphatic heterocycles. The normalized spacial score (nSPS) is 20.3. The molecule has 1 N–H and O–H groups in total. The maximum Gasteiger partial charge on any atom is 0.573 e. The SMILES string of the molecule is CC1(C)C(CNCc2ccc(OC(F)(F)F)cc2)C1(C)C. The molecule has 0 saturated heterocycles. The van der Waals surface area contributed by atoms with E-state index in [9.17, 15) is 13.2 Å². The molecule has 1 aromatic carbocycles. The molecule has 0 aromatic heterocycles. The lowest BCUT2D eigenvalue weighted by molar-refractivity contribution is -0.274. The van der Waals surface area contributed by atoms with E-state index in [-0.39, 0.29) is 5.75 Å². The number of alkyl halides is 3. The van der Waals surface area contributed by atoms with Crippen LogP contribution in [0.15, 0.2) is 24.3 Å². The van der Waals surface area contributed by atoms with Gasteiger partial charge in [0.2, 0.25) is 0 Å². The van der Waals surface area contributed by atoms with Crippen molar-refractivity contribution in [2.45, 2.75) is 40.6 Å². The highest BCUT2D eigenvalue weighted by molar-refractivity contribution is 5.27. The van der Waals surface area contributed by atoms with Crippen molar-refractivity contribution in [3.05, 3.63) is 29.8 Å². The van der Waals surface area contributed by atoms with E-state index < -0.39 is 6.36 Å². The van der Waals surface area contributed by atoms with Crippen LogP contribution >= 0.6 is 0 Å². The van der Waals surface area contributed by atoms with Crippen LogP contribution in [0.3, 0.4) is 0 Å². The van der Waals surface area contributed by atoms with E-state index in [0.29, 0.717) is 23.3 Å². The van der Waals surface area contributed by atoms with E-state index >= 15 is 0 Å². The van der Waals surface area contributed by atoms with Crippen LogP contribution in [0.2, 0.25) is 0 Å². The average Bonchev–Trinajstić information content (AvgIpc) is 2.71. The molecule has 2 nitrogen and oxygen atoms in total. The van der Waals surface area contributed by atoms with E-state index in [1.54, 1.807) is 12.1 Å². The minimum absolute atomic E-state index is 0.185. The van der Waals surface area contributed by atoms with Gasteiger partial charge in [0, 0.05) is 6.54 Å². The summed E-state index contributed by atoms with van der Waals surface area (Å²) in [7, 11) is 0. The topological polar surface area (TPSA) is 21.3 Å². The van der Waals surface area contributed by atoms with Crippen LogP contribution in [0.25, 0.3) is 0 Å². The zero-order valence-corrected chi connectivity index (χ0v) is 12.8. The van der Waals surface area contributed by atoms with E-state index in [2.05, 4.69) is 37.7 Å². The summed E-state index contributed by atoms with van der Waals surface area (Å²) >= 11 is 0. The molecular formula is C16H22F3NO. The lowest BCUT2D eigenvalue weighted by Crippen LogP contribution is -2.19. The van der Waals surface area contributed by atoms with Crippen LogP contribution in [-0.2, 0) is 6.54 Å². The Morgan fingerprint density at radius 3 is 2.00 bits per heavy atom. The number of nitrogens with one attached hydrogen (secondary N) is 1. The van der Waals surface area contributed by atoms with Crippen molar-refractivity contribution in [3.8, 4) is 5.75 Å². The second-order valence-electron chi connectivity index (χ2n) is 6.82. The molecule has 0 radical (unpaired) electrons. The summed E-state index contributed by atoms with van der Waals surface area (Å²) < 4.78 is 40.0. The quantitative estimate of drug-likeness (QED) is 0.872. The van der Waals surface area contributed by atoms with Crippen LogP contribution in [-0.4, -0.2) is 12.9 Å². The van der Waals surface area contributed by atoms with Crippen LogP contribution in [0, 0.1) is 16.7 Å². The van der Waals surface area contributed by atoms with E-state index in [1.807, 2.05) is 0 Å². The third-order valence-electron chi connectivity index (χ3n) is 5.15. The molecule has 118 valence electrons. The van der Waals surface area contributed by atoms with Gasteiger partial charge in [-0.05, 0) is 41.0 Å². The van der Waals surface area contributed by atoms with Gasteiger partial charge in [-0.15, -0.1) is 13.2 Å². The van der Waals surface area contributed by atoms with Gasteiger partial charge in [-0.3, -0.25) is 0 Å². The number of ether oxygens (including phenoxy) is 1. The third kappa shape index (κ3) is 3.51. The summed E-state index contributed by atoms with van der Waals surface area (Å²) in [5, 5.41) is 3.38. The van der Waals surface area contributed by atoms with Gasteiger partial charge in [0.1, 0.15) is 5.75 Å². The maximum atomic E-state index is 12.1. The van der Waals surface area contributed by atoms with Crippen LogP contribution in [0.5, 0.6) is 5.75 Å². The van der Waals surface area contributed by atoms with Crippen molar-refractivity contribution in [2.24, 2.45) is 16.7 Å². The first-order valence-corrected chi connectivity index (χ1v) is 7.09. The molecule has 1 aromatic rings. The Labute approximate surface area is 123 Å². The molecule has 1 saturated carbocycles. The molecule has 1 aliphatic carbocycles. The zero-order chi connectivity index (χ0) is 15.9. The number of hydrogen-bond donors (Lipinski definition) is 1. The summed E-state index contributed by atoms with van der Waals surface area (Å²) in [5.41, 5.74) is 1.62. The molecule has 21 heavy (non-hydrogen) atoms. The first-order valence-electron chi connectivity index (χ1n) is 7.09. The zero-order valence-electron chi connectivity index (χ0n) is 12.8. The lowest BCUT2D eigenvalue weighted by atomic mass is 10.0. The van der Waals surface area contributed by atoms with Crippen molar-refractivity contribution in [1.29, 1.82) is 0 Å². The fourth-order valence-corrected chi connectivity index (χ4v) is 3.01. The monoisotopic (exact) mass is 301 g/mol. The van der Waals surface area contributed by atoms with E-state index in [0.717, 1.165) is 12.1 Å². The Bertz CT molecular complexity index is 477. The molecule has 2 rings (SSSR count). The highest BCUT2D eigenvalue weighted by atomic mass is 19.4. The fourth-order valence-electron chi connectivity index (χ4n) is 3.01. The third-order valence-corrected chi connectivity index (χ3v) is 5.15. The summed E-state index contributed by atoms with van der Waals surface area (Å²) in [4.78, 5) is 0. The maximum absolute atomic E-state index is 12.1. The smallest absolute Gasteiger partial charge is 0.406 e. The number of halogens is 3. The highest BCUT2D eigenvalue weighted by Crippen LogP contribution is 2.67. The molecule has 1 aliphatic rings. The largest absolute Gasteiger partial charge is 0.573 e. The molecule has 0 unspecified atom stereocenters. The number of benzene rings is 1. The highest BCUT2D eigenvalue weighted by Gasteiger charge is 2.63. The Hall–Kier alpha value is -1.23. The molecule has 0 bridgehead atoms. The van der Waals surface area contributed by atoms with Crippen molar-refractivity contribution < 1.29 is 17.9 Å². The summed E-state index contributed by atoms with van der Waals surface area (Å²) in [6, 6.07) is 5.99. The molecular weight excluding hydrogens is 279 g/mol. The lowest BCUT2D eigenvalue weighted by Gasteiger charge is -2.10. The van der Waals surface area contributed by atoms with Gasteiger partial charge < -0.3 is 10.1 Å². The Balaban J connectivity index is 1.80. The summed E-state index contributed by atoms with van der Waals surface area (Å²) in [5.74, 6) is 0.438. The predicted octanol–water partition coefficient (Wildman–Crippen LogP) is 4.36. The van der Waals surface area contributed by atoms with Crippen molar-refractivity contribution in [3.63, 3.8) is 0 Å². The molecule has 0 heterocycles. The van der Waals surface area contributed by atoms with Gasteiger partial charge in [-0.2, -0.15) is 0 Å². The van der Waals surface area contributed by atoms with Crippen LogP contribution < -0.4 is 10.1 Å². The first kappa shape index (κ1) is 16.1. The minimum Gasteiger partial charge on any atom is -0.406 e. The van der Waals surface area contributed by atoms with Gasteiger partial charge >= 0.3 is 6.36 Å². The standard InChI is InChI=1S/C16H22F3NO/c1-14(2)13(15(14,3)4)10-20-9-11-5-7-12(8-6-11)21-16(17,18)19/h5-8,13,20H,9-10H2,1-4H3. The van der Waals surface area contributed by atoms with Crippen molar-refractivity contribution >= 4 is 0 Å². The Kier molecular flexibility index (Phi) is 4.00. The second-order valence-corrected chi connectivity index (χ2v) is 6.82. The fraction of sp³-hybridized carbons (Fsp3) is 0.625. The van der Waals surface area contributed by atoms with Crippen LogP contribution in [0.1, 0.15) is 33.3 Å². The number of rotatable bonds is 5. The van der Waals surface area contributed by atoms with E-state index in [1.165, 1.54) is 12.1 Å². The van der Waals surface area contributed by atoms with E-state index in [4.69, 9.17) is 0 Å².